The van der Waals surface area contributed by atoms with E-state index in [1.807, 2.05) is 37.3 Å². The Bertz CT molecular complexity index is 896. The quantitative estimate of drug-likeness (QED) is 0.798. The Kier molecular flexibility index (Phi) is 6.43. The zero-order valence-corrected chi connectivity index (χ0v) is 16.5. The van der Waals surface area contributed by atoms with Gasteiger partial charge in [0.05, 0.1) is 11.4 Å². The number of piperazine rings is 1. The van der Waals surface area contributed by atoms with Gasteiger partial charge in [0.25, 0.3) is 0 Å². The number of hydrogen-bond donors (Lipinski definition) is 1. The Morgan fingerprint density at radius 2 is 1.64 bits per heavy atom. The fourth-order valence-corrected chi connectivity index (χ4v) is 4.57. The lowest BCUT2D eigenvalue weighted by Crippen LogP contribution is -2.52. The molecule has 1 atom stereocenters. The Labute approximate surface area is 165 Å². The highest BCUT2D eigenvalue weighted by molar-refractivity contribution is 7.89. The van der Waals surface area contributed by atoms with Crippen molar-refractivity contribution >= 4 is 15.9 Å². The average Bonchev–Trinajstić information content (AvgIpc) is 2.73. The van der Waals surface area contributed by atoms with Crippen molar-refractivity contribution in [2.24, 2.45) is 0 Å². The van der Waals surface area contributed by atoms with Gasteiger partial charge in [0.15, 0.2) is 0 Å². The zero-order valence-electron chi connectivity index (χ0n) is 15.7. The van der Waals surface area contributed by atoms with Crippen LogP contribution in [0.4, 0.5) is 4.39 Å². The molecule has 2 aromatic rings. The first-order chi connectivity index (χ1) is 13.4. The molecule has 1 amide bonds. The van der Waals surface area contributed by atoms with Gasteiger partial charge in [-0.15, -0.1) is 0 Å². The van der Waals surface area contributed by atoms with E-state index in [2.05, 4.69) is 5.32 Å². The number of nitrogens with one attached hydrogen (secondary N) is 1. The van der Waals surface area contributed by atoms with E-state index < -0.39 is 15.8 Å². The topological polar surface area (TPSA) is 69.7 Å². The standard InChI is InChI=1S/C20H24FN3O3S/c1-16(17-5-3-2-4-6-17)22-15-20(25)23-11-13-24(14-12-23)28(26,27)19-9-7-18(21)8-10-19/h2-10,16,22H,11-15H2,1H3/t16-/m0/s1. The van der Waals surface area contributed by atoms with Crippen LogP contribution in [0.5, 0.6) is 0 Å². The number of amides is 1. The molecule has 1 fully saturated rings. The fraction of sp³-hybridized carbons (Fsp3) is 0.350. The maximum absolute atomic E-state index is 13.0. The van der Waals surface area contributed by atoms with Gasteiger partial charge in [-0.25, -0.2) is 12.8 Å². The first-order valence-electron chi connectivity index (χ1n) is 9.20. The summed E-state index contributed by atoms with van der Waals surface area (Å²) in [6.45, 7) is 3.30. The second-order valence-corrected chi connectivity index (χ2v) is 8.69. The summed E-state index contributed by atoms with van der Waals surface area (Å²) in [7, 11) is -3.68. The van der Waals surface area contributed by atoms with Gasteiger partial charge in [-0.05, 0) is 36.8 Å². The molecule has 0 bridgehead atoms. The molecule has 0 unspecified atom stereocenters. The number of carbonyl (C=O) groups excluding carboxylic acids is 1. The number of halogens is 1. The van der Waals surface area contributed by atoms with Crippen molar-refractivity contribution in [3.8, 4) is 0 Å². The maximum atomic E-state index is 13.0. The van der Waals surface area contributed by atoms with E-state index in [0.29, 0.717) is 13.1 Å². The maximum Gasteiger partial charge on any atom is 0.243 e. The molecule has 28 heavy (non-hydrogen) atoms. The first kappa shape index (κ1) is 20.4. The summed E-state index contributed by atoms with van der Waals surface area (Å²) in [6, 6.07) is 14.7. The van der Waals surface area contributed by atoms with E-state index in [1.54, 1.807) is 4.90 Å². The van der Waals surface area contributed by atoms with Crippen LogP contribution in [0.2, 0.25) is 0 Å². The highest BCUT2D eigenvalue weighted by atomic mass is 32.2. The van der Waals surface area contributed by atoms with E-state index in [-0.39, 0.29) is 36.5 Å². The molecule has 8 heteroatoms. The van der Waals surface area contributed by atoms with E-state index in [4.69, 9.17) is 0 Å². The highest BCUT2D eigenvalue weighted by Crippen LogP contribution is 2.18. The smallest absolute Gasteiger partial charge is 0.243 e. The molecule has 0 radical (unpaired) electrons. The molecule has 0 saturated carbocycles. The largest absolute Gasteiger partial charge is 0.339 e. The van der Waals surface area contributed by atoms with Gasteiger partial charge >= 0.3 is 0 Å². The molecule has 2 aromatic carbocycles. The van der Waals surface area contributed by atoms with Crippen molar-refractivity contribution < 1.29 is 17.6 Å². The van der Waals surface area contributed by atoms with Gasteiger partial charge in [-0.3, -0.25) is 4.79 Å². The normalized spacial score (nSPS) is 16.7. The fourth-order valence-electron chi connectivity index (χ4n) is 3.15. The lowest BCUT2D eigenvalue weighted by Gasteiger charge is -2.34. The number of hydrogen-bond acceptors (Lipinski definition) is 4. The number of sulfonamides is 1. The summed E-state index contributed by atoms with van der Waals surface area (Å²) in [5.74, 6) is -0.534. The van der Waals surface area contributed by atoms with E-state index in [0.717, 1.165) is 17.7 Å². The molecule has 1 N–H and O–H groups in total. The number of rotatable bonds is 6. The predicted octanol–water partition coefficient (Wildman–Crippen LogP) is 2.01. The molecule has 0 spiro atoms. The average molecular weight is 405 g/mol. The summed E-state index contributed by atoms with van der Waals surface area (Å²) in [5.41, 5.74) is 1.10. The second-order valence-electron chi connectivity index (χ2n) is 6.75. The van der Waals surface area contributed by atoms with Crippen molar-refractivity contribution in [3.63, 3.8) is 0 Å². The number of carbonyl (C=O) groups is 1. The third-order valence-corrected chi connectivity index (χ3v) is 6.81. The third kappa shape index (κ3) is 4.76. The van der Waals surface area contributed by atoms with Crippen LogP contribution < -0.4 is 5.32 Å². The summed E-state index contributed by atoms with van der Waals surface area (Å²) in [6.07, 6.45) is 0. The zero-order chi connectivity index (χ0) is 20.1. The Balaban J connectivity index is 1.52. The van der Waals surface area contributed by atoms with Gasteiger partial charge in [0, 0.05) is 32.2 Å². The minimum absolute atomic E-state index is 0.0466. The lowest BCUT2D eigenvalue weighted by molar-refractivity contribution is -0.131. The van der Waals surface area contributed by atoms with Gasteiger partial charge < -0.3 is 10.2 Å². The molecule has 1 aliphatic heterocycles. The van der Waals surface area contributed by atoms with Crippen LogP contribution in [-0.4, -0.2) is 56.3 Å². The Morgan fingerprint density at radius 3 is 2.25 bits per heavy atom. The Hall–Kier alpha value is -2.29. The molecule has 0 aliphatic carbocycles. The van der Waals surface area contributed by atoms with E-state index in [1.165, 1.54) is 16.4 Å². The van der Waals surface area contributed by atoms with Gasteiger partial charge in [0.2, 0.25) is 15.9 Å². The van der Waals surface area contributed by atoms with Crippen molar-refractivity contribution in [1.29, 1.82) is 0 Å². The number of nitrogens with zero attached hydrogens (tertiary/aromatic N) is 2. The summed E-state index contributed by atoms with van der Waals surface area (Å²) < 4.78 is 39.6. The minimum atomic E-state index is -3.68. The predicted molar refractivity (Wildman–Crippen MR) is 105 cm³/mol. The van der Waals surface area contributed by atoms with Crippen LogP contribution in [0.3, 0.4) is 0 Å². The van der Waals surface area contributed by atoms with Crippen LogP contribution in [0.25, 0.3) is 0 Å². The summed E-state index contributed by atoms with van der Waals surface area (Å²) in [4.78, 5) is 14.2. The highest BCUT2D eigenvalue weighted by Gasteiger charge is 2.30. The van der Waals surface area contributed by atoms with Gasteiger partial charge in [0.1, 0.15) is 5.82 Å². The molecule has 3 rings (SSSR count). The SMILES string of the molecule is C[C@H](NCC(=O)N1CCN(S(=O)(=O)c2ccc(F)cc2)CC1)c1ccccc1. The van der Waals surface area contributed by atoms with Crippen LogP contribution in [-0.2, 0) is 14.8 Å². The van der Waals surface area contributed by atoms with Gasteiger partial charge in [-0.1, -0.05) is 30.3 Å². The third-order valence-electron chi connectivity index (χ3n) is 4.90. The van der Waals surface area contributed by atoms with Crippen LogP contribution in [0.1, 0.15) is 18.5 Å². The van der Waals surface area contributed by atoms with Crippen LogP contribution >= 0.6 is 0 Å². The monoisotopic (exact) mass is 405 g/mol. The molecule has 1 saturated heterocycles. The molecular weight excluding hydrogens is 381 g/mol. The van der Waals surface area contributed by atoms with Crippen LogP contribution in [0.15, 0.2) is 59.5 Å². The van der Waals surface area contributed by atoms with Gasteiger partial charge in [-0.2, -0.15) is 4.31 Å². The molecular formula is C20H24FN3O3S. The summed E-state index contributed by atoms with van der Waals surface area (Å²) in [5, 5.41) is 3.21. The number of benzene rings is 2. The first-order valence-corrected chi connectivity index (χ1v) is 10.6. The van der Waals surface area contributed by atoms with E-state index >= 15 is 0 Å². The van der Waals surface area contributed by atoms with Crippen molar-refractivity contribution in [2.45, 2.75) is 17.9 Å². The minimum Gasteiger partial charge on any atom is -0.339 e. The Morgan fingerprint density at radius 1 is 1.04 bits per heavy atom. The summed E-state index contributed by atoms with van der Waals surface area (Å²) >= 11 is 0. The van der Waals surface area contributed by atoms with Crippen molar-refractivity contribution in [2.75, 3.05) is 32.7 Å². The van der Waals surface area contributed by atoms with Crippen molar-refractivity contribution in [3.05, 3.63) is 66.0 Å². The molecule has 150 valence electrons. The lowest BCUT2D eigenvalue weighted by atomic mass is 10.1. The molecule has 0 aromatic heterocycles. The van der Waals surface area contributed by atoms with Crippen LogP contribution in [0, 0.1) is 5.82 Å². The molecule has 1 heterocycles. The van der Waals surface area contributed by atoms with Crippen molar-refractivity contribution in [1.82, 2.24) is 14.5 Å². The second kappa shape index (κ2) is 8.81. The molecule has 6 nitrogen and oxygen atoms in total. The molecule has 1 aliphatic rings. The van der Waals surface area contributed by atoms with E-state index in [9.17, 15) is 17.6 Å².